The number of benzene rings is 2. The normalized spacial score (nSPS) is 11.8. The topological polar surface area (TPSA) is 94.6 Å². The molecule has 1 aromatic heterocycles. The van der Waals surface area contributed by atoms with Crippen LogP contribution in [0.4, 0.5) is 11.6 Å². The Labute approximate surface area is 161 Å². The summed E-state index contributed by atoms with van der Waals surface area (Å²) in [5.74, 6) is 2.25. The van der Waals surface area contributed by atoms with Crippen LogP contribution >= 0.6 is 0 Å². The molecule has 1 aliphatic heterocycles. The zero-order valence-corrected chi connectivity index (χ0v) is 15.1. The lowest BCUT2D eigenvalue weighted by atomic mass is 10.2. The molecule has 2 heterocycles. The highest BCUT2D eigenvalue weighted by atomic mass is 16.7. The first-order valence-electron chi connectivity index (χ1n) is 8.61. The summed E-state index contributed by atoms with van der Waals surface area (Å²) in [5.41, 5.74) is 2.08. The molecule has 8 nitrogen and oxygen atoms in total. The van der Waals surface area contributed by atoms with Gasteiger partial charge in [-0.05, 0) is 29.8 Å². The van der Waals surface area contributed by atoms with Gasteiger partial charge in [0, 0.05) is 30.7 Å². The van der Waals surface area contributed by atoms with Gasteiger partial charge in [-0.15, -0.1) is 0 Å². The lowest BCUT2D eigenvalue weighted by molar-refractivity contribution is 0.0950. The van der Waals surface area contributed by atoms with Crippen molar-refractivity contribution in [2.45, 2.75) is 6.54 Å². The summed E-state index contributed by atoms with van der Waals surface area (Å²) in [6.07, 6.45) is 2.95. The van der Waals surface area contributed by atoms with Gasteiger partial charge < -0.3 is 24.8 Å². The lowest BCUT2D eigenvalue weighted by Gasteiger charge is -2.08. The standard InChI is InChI=1S/C20H18N4O4/c1-26-16-4-2-3-15(8-16)24-20-22-10-14(11-23-20)19(25)21-9-13-5-6-17-18(7-13)28-12-27-17/h2-8,10-11H,9,12H2,1H3,(H,21,25)(H,22,23,24). The summed E-state index contributed by atoms with van der Waals surface area (Å²) < 4.78 is 15.8. The minimum Gasteiger partial charge on any atom is -0.497 e. The van der Waals surface area contributed by atoms with E-state index >= 15 is 0 Å². The molecule has 142 valence electrons. The number of hydrogen-bond donors (Lipinski definition) is 2. The van der Waals surface area contributed by atoms with Crippen LogP contribution in [0.5, 0.6) is 17.2 Å². The van der Waals surface area contributed by atoms with E-state index in [-0.39, 0.29) is 12.7 Å². The summed E-state index contributed by atoms with van der Waals surface area (Å²) in [6.45, 7) is 0.581. The molecular weight excluding hydrogens is 360 g/mol. The molecule has 2 aromatic carbocycles. The number of nitrogens with zero attached hydrogens (tertiary/aromatic N) is 2. The quantitative estimate of drug-likeness (QED) is 0.681. The van der Waals surface area contributed by atoms with Crippen LogP contribution in [0.25, 0.3) is 0 Å². The molecular formula is C20H18N4O4. The van der Waals surface area contributed by atoms with Gasteiger partial charge in [-0.2, -0.15) is 0 Å². The van der Waals surface area contributed by atoms with Crippen molar-refractivity contribution < 1.29 is 19.0 Å². The fraction of sp³-hybridized carbons (Fsp3) is 0.150. The summed E-state index contributed by atoms with van der Waals surface area (Å²) >= 11 is 0. The SMILES string of the molecule is COc1cccc(Nc2ncc(C(=O)NCc3ccc4c(c3)OCO4)cn2)c1. The van der Waals surface area contributed by atoms with Crippen molar-refractivity contribution in [1.29, 1.82) is 0 Å². The first kappa shape index (κ1) is 17.6. The molecule has 1 aliphatic rings. The van der Waals surface area contributed by atoms with E-state index in [9.17, 15) is 4.79 Å². The van der Waals surface area contributed by atoms with Crippen LogP contribution in [0.3, 0.4) is 0 Å². The minimum atomic E-state index is -0.259. The molecule has 1 amide bonds. The highest BCUT2D eigenvalue weighted by Crippen LogP contribution is 2.32. The Morgan fingerprint density at radius 2 is 1.93 bits per heavy atom. The molecule has 0 radical (unpaired) electrons. The van der Waals surface area contributed by atoms with E-state index in [1.165, 1.54) is 12.4 Å². The summed E-state index contributed by atoms with van der Waals surface area (Å²) in [6, 6.07) is 13.0. The summed E-state index contributed by atoms with van der Waals surface area (Å²) in [5, 5.41) is 5.91. The second-order valence-electron chi connectivity index (χ2n) is 6.02. The van der Waals surface area contributed by atoms with E-state index in [0.29, 0.717) is 29.6 Å². The molecule has 0 fully saturated rings. The summed E-state index contributed by atoms with van der Waals surface area (Å²) in [4.78, 5) is 20.7. The summed E-state index contributed by atoms with van der Waals surface area (Å²) in [7, 11) is 1.60. The Balaban J connectivity index is 1.36. The Bertz CT molecular complexity index is 992. The fourth-order valence-electron chi connectivity index (χ4n) is 2.68. The van der Waals surface area contributed by atoms with Crippen molar-refractivity contribution >= 4 is 17.5 Å². The van der Waals surface area contributed by atoms with Crippen LogP contribution in [0.15, 0.2) is 54.9 Å². The number of hydrogen-bond acceptors (Lipinski definition) is 7. The van der Waals surface area contributed by atoms with E-state index in [1.54, 1.807) is 7.11 Å². The predicted molar refractivity (Wildman–Crippen MR) is 102 cm³/mol. The molecule has 4 rings (SSSR count). The number of fused-ring (bicyclic) bond motifs is 1. The van der Waals surface area contributed by atoms with Crippen molar-refractivity contribution in [2.24, 2.45) is 0 Å². The van der Waals surface area contributed by atoms with E-state index in [0.717, 1.165) is 17.0 Å². The third kappa shape index (κ3) is 3.96. The molecule has 0 bridgehead atoms. The van der Waals surface area contributed by atoms with E-state index in [1.807, 2.05) is 42.5 Å². The number of nitrogens with one attached hydrogen (secondary N) is 2. The van der Waals surface area contributed by atoms with Crippen LogP contribution in [0.2, 0.25) is 0 Å². The second-order valence-corrected chi connectivity index (χ2v) is 6.02. The van der Waals surface area contributed by atoms with Crippen LogP contribution in [-0.4, -0.2) is 29.8 Å². The zero-order chi connectivity index (χ0) is 19.3. The molecule has 0 saturated carbocycles. The highest BCUT2D eigenvalue weighted by molar-refractivity contribution is 5.93. The maximum Gasteiger partial charge on any atom is 0.254 e. The van der Waals surface area contributed by atoms with Crippen LogP contribution in [0.1, 0.15) is 15.9 Å². The molecule has 28 heavy (non-hydrogen) atoms. The average Bonchev–Trinajstić information content (AvgIpc) is 3.20. The van der Waals surface area contributed by atoms with Crippen LogP contribution < -0.4 is 24.8 Å². The second kappa shape index (κ2) is 7.83. The molecule has 0 atom stereocenters. The van der Waals surface area contributed by atoms with Gasteiger partial charge >= 0.3 is 0 Å². The molecule has 8 heteroatoms. The number of aromatic nitrogens is 2. The number of carbonyl (C=O) groups excluding carboxylic acids is 1. The number of amides is 1. The number of rotatable bonds is 6. The Kier molecular flexibility index (Phi) is 4.92. The molecule has 0 unspecified atom stereocenters. The average molecular weight is 378 g/mol. The molecule has 3 aromatic rings. The van der Waals surface area contributed by atoms with Crippen molar-refractivity contribution in [1.82, 2.24) is 15.3 Å². The van der Waals surface area contributed by atoms with E-state index in [2.05, 4.69) is 20.6 Å². The largest absolute Gasteiger partial charge is 0.497 e. The maximum absolute atomic E-state index is 12.3. The number of anilines is 2. The lowest BCUT2D eigenvalue weighted by Crippen LogP contribution is -2.23. The van der Waals surface area contributed by atoms with Gasteiger partial charge in [0.1, 0.15) is 5.75 Å². The van der Waals surface area contributed by atoms with Gasteiger partial charge in [-0.25, -0.2) is 9.97 Å². The molecule has 2 N–H and O–H groups in total. The van der Waals surface area contributed by atoms with Crippen molar-refractivity contribution in [3.05, 3.63) is 66.0 Å². The van der Waals surface area contributed by atoms with Gasteiger partial charge in [0.05, 0.1) is 12.7 Å². The Hall–Kier alpha value is -3.81. The van der Waals surface area contributed by atoms with E-state index in [4.69, 9.17) is 14.2 Å². The monoisotopic (exact) mass is 378 g/mol. The first-order valence-corrected chi connectivity index (χ1v) is 8.61. The van der Waals surface area contributed by atoms with Crippen LogP contribution in [-0.2, 0) is 6.54 Å². The third-order valence-electron chi connectivity index (χ3n) is 4.13. The van der Waals surface area contributed by atoms with Gasteiger partial charge in [-0.1, -0.05) is 12.1 Å². The molecule has 0 saturated heterocycles. The first-order chi connectivity index (χ1) is 13.7. The number of ether oxygens (including phenoxy) is 3. The van der Waals surface area contributed by atoms with Gasteiger partial charge in [-0.3, -0.25) is 4.79 Å². The van der Waals surface area contributed by atoms with Crippen LogP contribution in [0, 0.1) is 0 Å². The number of carbonyl (C=O) groups is 1. The van der Waals surface area contributed by atoms with Crippen molar-refractivity contribution in [2.75, 3.05) is 19.2 Å². The smallest absolute Gasteiger partial charge is 0.254 e. The van der Waals surface area contributed by atoms with Gasteiger partial charge in [0.15, 0.2) is 11.5 Å². The fourth-order valence-corrected chi connectivity index (χ4v) is 2.68. The number of methoxy groups -OCH3 is 1. The molecule has 0 aliphatic carbocycles. The maximum atomic E-state index is 12.3. The highest BCUT2D eigenvalue weighted by Gasteiger charge is 2.14. The predicted octanol–water partition coefficient (Wildman–Crippen LogP) is 2.89. The van der Waals surface area contributed by atoms with Gasteiger partial charge in [0.25, 0.3) is 5.91 Å². The Morgan fingerprint density at radius 3 is 2.75 bits per heavy atom. The zero-order valence-electron chi connectivity index (χ0n) is 15.1. The minimum absolute atomic E-state index is 0.221. The molecule has 0 spiro atoms. The Morgan fingerprint density at radius 1 is 1.11 bits per heavy atom. The van der Waals surface area contributed by atoms with Crippen molar-refractivity contribution in [3.63, 3.8) is 0 Å². The third-order valence-corrected chi connectivity index (χ3v) is 4.13. The van der Waals surface area contributed by atoms with Gasteiger partial charge in [0.2, 0.25) is 12.7 Å². The van der Waals surface area contributed by atoms with Crippen molar-refractivity contribution in [3.8, 4) is 17.2 Å². The van der Waals surface area contributed by atoms with E-state index < -0.39 is 0 Å².